The van der Waals surface area contributed by atoms with Gasteiger partial charge in [0.2, 0.25) is 5.91 Å². The third-order valence-electron chi connectivity index (χ3n) is 4.39. The molecule has 0 aromatic rings. The Morgan fingerprint density at radius 3 is 1.86 bits per heavy atom. The Labute approximate surface area is 177 Å². The minimum absolute atomic E-state index is 0.0128. The average molecular weight is 414 g/mol. The average Bonchev–Trinajstić information content (AvgIpc) is 2.59. The lowest BCUT2D eigenvalue weighted by atomic mass is 9.93. The van der Waals surface area contributed by atoms with Crippen molar-refractivity contribution in [3.8, 4) is 0 Å². The van der Waals surface area contributed by atoms with E-state index >= 15 is 0 Å². The Kier molecular flexibility index (Phi) is 11.1. The fraction of sp³-hybridized carbons (Fsp3) is 0.857. The highest BCUT2D eigenvalue weighted by molar-refractivity contribution is 5.82. The van der Waals surface area contributed by atoms with Gasteiger partial charge in [-0.3, -0.25) is 9.79 Å². The lowest BCUT2D eigenvalue weighted by Crippen LogP contribution is -2.52. The van der Waals surface area contributed by atoms with Crippen molar-refractivity contribution in [3.63, 3.8) is 0 Å². The van der Waals surface area contributed by atoms with Crippen molar-refractivity contribution < 1.29 is 14.3 Å². The van der Waals surface area contributed by atoms with Gasteiger partial charge >= 0.3 is 6.09 Å². The smallest absolute Gasteiger partial charge is 0.408 e. The summed E-state index contributed by atoms with van der Waals surface area (Å²) in [6.07, 6.45) is 1.03. The van der Waals surface area contributed by atoms with Gasteiger partial charge in [0.1, 0.15) is 5.60 Å². The van der Waals surface area contributed by atoms with Gasteiger partial charge in [-0.25, -0.2) is 4.79 Å². The molecule has 4 N–H and O–H groups in total. The summed E-state index contributed by atoms with van der Waals surface area (Å²) < 4.78 is 5.41. The van der Waals surface area contributed by atoms with Crippen molar-refractivity contribution >= 4 is 18.0 Å². The fourth-order valence-electron chi connectivity index (χ4n) is 2.40. The van der Waals surface area contributed by atoms with E-state index < -0.39 is 22.6 Å². The number of aliphatic imine (C=N–C) groups is 1. The molecular formula is C21H43N5O3. The summed E-state index contributed by atoms with van der Waals surface area (Å²) in [5, 5.41) is 12.3. The van der Waals surface area contributed by atoms with E-state index in [9.17, 15) is 9.59 Å². The number of ether oxygens (including phenoxy) is 1. The van der Waals surface area contributed by atoms with Crippen LogP contribution in [0.2, 0.25) is 0 Å². The van der Waals surface area contributed by atoms with Crippen LogP contribution in [-0.4, -0.2) is 55.3 Å². The Morgan fingerprint density at radius 2 is 1.41 bits per heavy atom. The topological polar surface area (TPSA) is 104 Å². The van der Waals surface area contributed by atoms with Crippen LogP contribution in [0, 0.1) is 5.41 Å². The normalized spacial score (nSPS) is 12.9. The molecule has 0 saturated heterocycles. The minimum Gasteiger partial charge on any atom is -0.444 e. The number of nitrogens with one attached hydrogen (secondary N) is 4. The predicted molar refractivity (Wildman–Crippen MR) is 119 cm³/mol. The molecule has 0 rings (SSSR count). The van der Waals surface area contributed by atoms with Gasteiger partial charge in [-0.1, -0.05) is 34.6 Å². The lowest BCUT2D eigenvalue weighted by molar-refractivity contribution is -0.128. The van der Waals surface area contributed by atoms with Crippen LogP contribution in [0.1, 0.15) is 75.2 Å². The summed E-state index contributed by atoms with van der Waals surface area (Å²) in [6, 6.07) is 0. The van der Waals surface area contributed by atoms with Crippen molar-refractivity contribution in [2.24, 2.45) is 10.4 Å². The van der Waals surface area contributed by atoms with Crippen molar-refractivity contribution in [1.29, 1.82) is 0 Å². The molecule has 2 amide bonds. The Bertz CT molecular complexity index is 544. The van der Waals surface area contributed by atoms with Crippen LogP contribution in [0.25, 0.3) is 0 Å². The number of rotatable bonds is 9. The molecule has 0 saturated carbocycles. The standard InChI is InChI=1S/C21H43N5O3/c1-10-21(11-2,26-18(28)29-20(7,8)9)15-25-17(22-12-3)24-14-13-23-16(27)19(4,5)6/h10-15H2,1-9H3,(H,23,27)(H,26,28)(H2,22,24,25). The molecule has 0 aliphatic rings. The second-order valence-electron chi connectivity index (χ2n) is 9.24. The number of carbonyl (C=O) groups is 2. The van der Waals surface area contributed by atoms with Crippen LogP contribution in [-0.2, 0) is 9.53 Å². The van der Waals surface area contributed by atoms with Crippen LogP contribution < -0.4 is 21.3 Å². The number of guanidine groups is 1. The van der Waals surface area contributed by atoms with E-state index in [4.69, 9.17) is 4.74 Å². The first kappa shape index (κ1) is 27.0. The Balaban J connectivity index is 4.92. The van der Waals surface area contributed by atoms with Crippen molar-refractivity contribution in [1.82, 2.24) is 21.3 Å². The molecule has 0 aliphatic carbocycles. The SMILES string of the molecule is CCNC(=NCC(CC)(CC)NC(=O)OC(C)(C)C)NCCNC(=O)C(C)(C)C. The lowest BCUT2D eigenvalue weighted by Gasteiger charge is -2.32. The first-order valence-corrected chi connectivity index (χ1v) is 10.6. The number of hydrogen-bond donors (Lipinski definition) is 4. The first-order chi connectivity index (χ1) is 13.3. The van der Waals surface area contributed by atoms with E-state index in [1.54, 1.807) is 0 Å². The second-order valence-corrected chi connectivity index (χ2v) is 9.24. The number of alkyl carbamates (subject to hydrolysis) is 1. The van der Waals surface area contributed by atoms with Gasteiger partial charge in [0.05, 0.1) is 12.1 Å². The summed E-state index contributed by atoms with van der Waals surface area (Å²) in [5.74, 6) is 0.661. The molecular weight excluding hydrogens is 370 g/mol. The molecule has 0 fully saturated rings. The molecule has 0 aromatic carbocycles. The maximum atomic E-state index is 12.3. The van der Waals surface area contributed by atoms with Gasteiger partial charge in [-0.15, -0.1) is 0 Å². The number of hydrogen-bond acceptors (Lipinski definition) is 4. The van der Waals surface area contributed by atoms with Crippen LogP contribution in [0.5, 0.6) is 0 Å². The van der Waals surface area contributed by atoms with Crippen LogP contribution in [0.15, 0.2) is 4.99 Å². The molecule has 0 bridgehead atoms. The van der Waals surface area contributed by atoms with Crippen LogP contribution in [0.4, 0.5) is 4.79 Å². The molecule has 0 aromatic heterocycles. The molecule has 0 heterocycles. The summed E-state index contributed by atoms with van der Waals surface area (Å²) in [5.41, 5.74) is -1.44. The summed E-state index contributed by atoms with van der Waals surface area (Å²) in [4.78, 5) is 28.9. The van der Waals surface area contributed by atoms with E-state index in [-0.39, 0.29) is 5.91 Å². The number of carbonyl (C=O) groups excluding carboxylic acids is 2. The fourth-order valence-corrected chi connectivity index (χ4v) is 2.40. The highest BCUT2D eigenvalue weighted by atomic mass is 16.6. The highest BCUT2D eigenvalue weighted by Gasteiger charge is 2.30. The van der Waals surface area contributed by atoms with E-state index in [1.165, 1.54) is 0 Å². The molecule has 0 atom stereocenters. The number of amides is 2. The molecule has 8 heteroatoms. The quantitative estimate of drug-likeness (QED) is 0.264. The molecule has 0 unspecified atom stereocenters. The molecule has 0 spiro atoms. The molecule has 0 radical (unpaired) electrons. The van der Waals surface area contributed by atoms with Crippen molar-refractivity contribution in [2.45, 2.75) is 86.3 Å². The predicted octanol–water partition coefficient (Wildman–Crippen LogP) is 2.79. The summed E-state index contributed by atoms with van der Waals surface area (Å²) >= 11 is 0. The molecule has 0 aliphatic heterocycles. The van der Waals surface area contributed by atoms with E-state index in [0.717, 1.165) is 12.8 Å². The van der Waals surface area contributed by atoms with Gasteiger partial charge in [0.25, 0.3) is 0 Å². The molecule has 8 nitrogen and oxygen atoms in total. The maximum Gasteiger partial charge on any atom is 0.408 e. The van der Waals surface area contributed by atoms with Crippen molar-refractivity contribution in [2.75, 3.05) is 26.2 Å². The molecule has 29 heavy (non-hydrogen) atoms. The van der Waals surface area contributed by atoms with Crippen LogP contribution in [0.3, 0.4) is 0 Å². The van der Waals surface area contributed by atoms with Gasteiger partial charge < -0.3 is 26.0 Å². The first-order valence-electron chi connectivity index (χ1n) is 10.6. The van der Waals surface area contributed by atoms with E-state index in [0.29, 0.717) is 32.1 Å². The Hall–Kier alpha value is -1.99. The zero-order valence-corrected chi connectivity index (χ0v) is 19.9. The minimum atomic E-state index is -0.547. The van der Waals surface area contributed by atoms with Crippen molar-refractivity contribution in [3.05, 3.63) is 0 Å². The monoisotopic (exact) mass is 413 g/mol. The second kappa shape index (κ2) is 11.9. The number of nitrogens with zero attached hydrogens (tertiary/aromatic N) is 1. The Morgan fingerprint density at radius 1 is 0.862 bits per heavy atom. The van der Waals surface area contributed by atoms with E-state index in [2.05, 4.69) is 26.3 Å². The van der Waals surface area contributed by atoms with Gasteiger partial charge in [0.15, 0.2) is 5.96 Å². The molecule has 170 valence electrons. The van der Waals surface area contributed by atoms with Gasteiger partial charge in [-0.2, -0.15) is 0 Å². The largest absolute Gasteiger partial charge is 0.444 e. The third kappa shape index (κ3) is 11.6. The highest BCUT2D eigenvalue weighted by Crippen LogP contribution is 2.17. The third-order valence-corrected chi connectivity index (χ3v) is 4.39. The maximum absolute atomic E-state index is 12.3. The zero-order chi connectivity index (χ0) is 22.7. The van der Waals surface area contributed by atoms with Crippen LogP contribution >= 0.6 is 0 Å². The van der Waals surface area contributed by atoms with E-state index in [1.807, 2.05) is 62.3 Å². The van der Waals surface area contributed by atoms with Gasteiger partial charge in [0, 0.05) is 25.0 Å². The van der Waals surface area contributed by atoms with Gasteiger partial charge in [-0.05, 0) is 40.5 Å². The summed E-state index contributed by atoms with van der Waals surface area (Å²) in [7, 11) is 0. The summed E-state index contributed by atoms with van der Waals surface area (Å²) in [6.45, 7) is 19.4. The zero-order valence-electron chi connectivity index (χ0n) is 19.9.